The number of aromatic nitrogens is 1. The number of hydrogen-bond donors (Lipinski definition) is 1. The standard InChI is InChI=1S/C10H11Cl2F3N2O2S/c1-6-5-7(11)16-9(12)8(6)17-20(18,19)4-2-3-10(13,14)15/h5,17H,2-4H2,1H3. The molecule has 1 aromatic heterocycles. The van der Waals surface area contributed by atoms with Crippen molar-refractivity contribution in [3.63, 3.8) is 0 Å². The minimum absolute atomic E-state index is 0.0167. The van der Waals surface area contributed by atoms with E-state index in [1.165, 1.54) is 6.07 Å². The molecule has 0 radical (unpaired) electrons. The fraction of sp³-hybridized carbons (Fsp3) is 0.500. The molecule has 0 saturated carbocycles. The summed E-state index contributed by atoms with van der Waals surface area (Å²) in [5, 5.41) is -0.0677. The monoisotopic (exact) mass is 350 g/mol. The van der Waals surface area contributed by atoms with Crippen LogP contribution in [-0.4, -0.2) is 25.3 Å². The highest BCUT2D eigenvalue weighted by molar-refractivity contribution is 7.92. The topological polar surface area (TPSA) is 59.1 Å². The summed E-state index contributed by atoms with van der Waals surface area (Å²) in [7, 11) is -3.93. The Hall–Kier alpha value is -0.730. The van der Waals surface area contributed by atoms with Crippen LogP contribution in [0.15, 0.2) is 6.07 Å². The third kappa shape index (κ3) is 5.72. The molecule has 0 atom stereocenters. The van der Waals surface area contributed by atoms with Gasteiger partial charge in [-0.25, -0.2) is 13.4 Å². The van der Waals surface area contributed by atoms with Crippen LogP contribution in [0.4, 0.5) is 18.9 Å². The molecule has 1 aromatic rings. The third-order valence-corrected chi connectivity index (χ3v) is 4.08. The van der Waals surface area contributed by atoms with E-state index in [1.54, 1.807) is 6.92 Å². The summed E-state index contributed by atoms with van der Waals surface area (Å²) in [5.41, 5.74) is 0.442. The Bertz CT molecular complexity index is 568. The van der Waals surface area contributed by atoms with Crippen molar-refractivity contribution in [1.29, 1.82) is 0 Å². The molecule has 1 N–H and O–H groups in total. The lowest BCUT2D eigenvalue weighted by Gasteiger charge is -2.12. The van der Waals surface area contributed by atoms with Gasteiger partial charge in [-0.3, -0.25) is 4.72 Å². The van der Waals surface area contributed by atoms with Gasteiger partial charge in [0.05, 0.1) is 11.4 Å². The van der Waals surface area contributed by atoms with E-state index in [0.717, 1.165) is 0 Å². The Labute approximate surface area is 124 Å². The Kier molecular flexibility index (Phi) is 5.51. The molecule has 20 heavy (non-hydrogen) atoms. The molecule has 0 fully saturated rings. The predicted molar refractivity (Wildman–Crippen MR) is 71.7 cm³/mol. The summed E-state index contributed by atoms with van der Waals surface area (Å²) < 4.78 is 61.4. The number of anilines is 1. The number of alkyl halides is 3. The number of halogens is 5. The van der Waals surface area contributed by atoms with E-state index in [9.17, 15) is 21.6 Å². The Morgan fingerprint density at radius 2 is 1.95 bits per heavy atom. The number of rotatable bonds is 5. The summed E-state index contributed by atoms with van der Waals surface area (Å²) in [4.78, 5) is 3.66. The van der Waals surface area contributed by atoms with Crippen LogP contribution in [0.2, 0.25) is 10.3 Å². The van der Waals surface area contributed by atoms with Crippen molar-refractivity contribution in [3.05, 3.63) is 21.9 Å². The summed E-state index contributed by atoms with van der Waals surface area (Å²) in [5.74, 6) is -0.662. The highest BCUT2D eigenvalue weighted by atomic mass is 35.5. The van der Waals surface area contributed by atoms with Crippen LogP contribution in [0.1, 0.15) is 18.4 Å². The van der Waals surface area contributed by atoms with Crippen LogP contribution in [0.3, 0.4) is 0 Å². The Morgan fingerprint density at radius 3 is 2.45 bits per heavy atom. The quantitative estimate of drug-likeness (QED) is 0.822. The van der Waals surface area contributed by atoms with Crippen molar-refractivity contribution < 1.29 is 21.6 Å². The van der Waals surface area contributed by atoms with Crippen LogP contribution in [-0.2, 0) is 10.0 Å². The minimum atomic E-state index is -4.38. The molecule has 1 heterocycles. The lowest BCUT2D eigenvalue weighted by molar-refractivity contribution is -0.134. The second-order valence-corrected chi connectivity index (χ2v) is 6.65. The summed E-state index contributed by atoms with van der Waals surface area (Å²) in [6.45, 7) is 1.55. The first-order valence-corrected chi connectivity index (χ1v) is 7.81. The van der Waals surface area contributed by atoms with Gasteiger partial charge in [-0.2, -0.15) is 13.2 Å². The summed E-state index contributed by atoms with van der Waals surface area (Å²) in [6, 6.07) is 1.39. The predicted octanol–water partition coefficient (Wildman–Crippen LogP) is 3.78. The lowest BCUT2D eigenvalue weighted by atomic mass is 10.3. The first kappa shape index (κ1) is 17.3. The highest BCUT2D eigenvalue weighted by Crippen LogP contribution is 2.28. The zero-order chi connectivity index (χ0) is 15.6. The fourth-order valence-corrected chi connectivity index (χ4v) is 3.22. The van der Waals surface area contributed by atoms with Gasteiger partial charge in [0.2, 0.25) is 10.0 Å². The molecule has 0 unspecified atom stereocenters. The molecule has 0 amide bonds. The van der Waals surface area contributed by atoms with Gasteiger partial charge in [0.25, 0.3) is 0 Å². The molecule has 0 aromatic carbocycles. The van der Waals surface area contributed by atoms with E-state index in [2.05, 4.69) is 9.71 Å². The largest absolute Gasteiger partial charge is 0.389 e. The number of hydrogen-bond acceptors (Lipinski definition) is 3. The minimum Gasteiger partial charge on any atom is -0.280 e. The van der Waals surface area contributed by atoms with Gasteiger partial charge in [0.15, 0.2) is 5.15 Å². The van der Waals surface area contributed by atoms with E-state index >= 15 is 0 Å². The van der Waals surface area contributed by atoms with Gasteiger partial charge < -0.3 is 0 Å². The smallest absolute Gasteiger partial charge is 0.280 e. The molecular formula is C10H11Cl2F3N2O2S. The Balaban J connectivity index is 2.77. The number of nitrogens with one attached hydrogen (secondary N) is 1. The molecule has 0 aliphatic heterocycles. The van der Waals surface area contributed by atoms with Crippen LogP contribution in [0, 0.1) is 6.92 Å². The number of aryl methyl sites for hydroxylation is 1. The molecule has 4 nitrogen and oxygen atoms in total. The first-order valence-electron chi connectivity index (χ1n) is 5.40. The van der Waals surface area contributed by atoms with Crippen molar-refractivity contribution >= 4 is 38.9 Å². The molecule has 0 bridgehead atoms. The third-order valence-electron chi connectivity index (χ3n) is 2.27. The Morgan fingerprint density at radius 1 is 1.35 bits per heavy atom. The molecule has 114 valence electrons. The van der Waals surface area contributed by atoms with Crippen molar-refractivity contribution in [1.82, 2.24) is 4.98 Å². The maximum Gasteiger partial charge on any atom is 0.389 e. The summed E-state index contributed by atoms with van der Waals surface area (Å²) >= 11 is 11.4. The normalized spacial score (nSPS) is 12.5. The fourth-order valence-electron chi connectivity index (χ4n) is 1.39. The van der Waals surface area contributed by atoms with E-state index in [-0.39, 0.29) is 16.0 Å². The van der Waals surface area contributed by atoms with Gasteiger partial charge in [-0.1, -0.05) is 23.2 Å². The maximum absolute atomic E-state index is 12.0. The molecule has 10 heteroatoms. The average molecular weight is 351 g/mol. The molecule has 1 rings (SSSR count). The maximum atomic E-state index is 12.0. The van der Waals surface area contributed by atoms with Gasteiger partial charge in [-0.05, 0) is 25.0 Å². The molecule has 0 aliphatic carbocycles. The van der Waals surface area contributed by atoms with Crippen molar-refractivity contribution in [2.24, 2.45) is 0 Å². The van der Waals surface area contributed by atoms with Crippen molar-refractivity contribution in [3.8, 4) is 0 Å². The SMILES string of the molecule is Cc1cc(Cl)nc(Cl)c1NS(=O)(=O)CCCC(F)(F)F. The van der Waals surface area contributed by atoms with E-state index in [0.29, 0.717) is 5.56 Å². The van der Waals surface area contributed by atoms with Gasteiger partial charge in [0.1, 0.15) is 5.15 Å². The summed E-state index contributed by atoms with van der Waals surface area (Å²) in [6.07, 6.45) is -6.08. The number of sulfonamides is 1. The lowest BCUT2D eigenvalue weighted by Crippen LogP contribution is -2.19. The first-order chi connectivity index (χ1) is 9.00. The highest BCUT2D eigenvalue weighted by Gasteiger charge is 2.27. The van der Waals surface area contributed by atoms with Crippen LogP contribution < -0.4 is 4.72 Å². The van der Waals surface area contributed by atoms with E-state index in [4.69, 9.17) is 23.2 Å². The number of nitrogens with zero attached hydrogens (tertiary/aromatic N) is 1. The van der Waals surface area contributed by atoms with Gasteiger partial charge in [0, 0.05) is 6.42 Å². The van der Waals surface area contributed by atoms with Crippen LogP contribution in [0.25, 0.3) is 0 Å². The van der Waals surface area contributed by atoms with Gasteiger partial charge >= 0.3 is 6.18 Å². The zero-order valence-corrected chi connectivity index (χ0v) is 12.6. The van der Waals surface area contributed by atoms with Crippen LogP contribution in [0.5, 0.6) is 0 Å². The second kappa shape index (κ2) is 6.36. The molecular weight excluding hydrogens is 340 g/mol. The molecule has 0 saturated heterocycles. The van der Waals surface area contributed by atoms with Gasteiger partial charge in [-0.15, -0.1) is 0 Å². The van der Waals surface area contributed by atoms with E-state index < -0.39 is 34.8 Å². The number of pyridine rings is 1. The van der Waals surface area contributed by atoms with Crippen molar-refractivity contribution in [2.75, 3.05) is 10.5 Å². The molecule has 0 aliphatic rings. The average Bonchev–Trinajstić information content (AvgIpc) is 2.21. The van der Waals surface area contributed by atoms with E-state index in [1.807, 2.05) is 0 Å². The zero-order valence-electron chi connectivity index (χ0n) is 10.3. The molecule has 0 spiro atoms. The van der Waals surface area contributed by atoms with Crippen molar-refractivity contribution in [2.45, 2.75) is 25.9 Å². The van der Waals surface area contributed by atoms with Crippen LogP contribution >= 0.6 is 23.2 Å². The second-order valence-electron chi connectivity index (χ2n) is 4.07.